The number of carbonyl (C=O) groups is 1. The SMILES string of the molecule is CCn1cc(CC(=O)NCCn2ccc(C)n2)c2ccccc21. The van der Waals surface area contributed by atoms with Crippen molar-refractivity contribution in [1.29, 1.82) is 0 Å². The molecule has 0 aliphatic heterocycles. The fraction of sp³-hybridized carbons (Fsp3) is 0.333. The van der Waals surface area contributed by atoms with Crippen LogP contribution in [0.2, 0.25) is 0 Å². The van der Waals surface area contributed by atoms with Crippen LogP contribution in [0, 0.1) is 6.92 Å². The molecule has 0 fully saturated rings. The molecule has 23 heavy (non-hydrogen) atoms. The Balaban J connectivity index is 1.61. The number of aryl methyl sites for hydroxylation is 2. The molecule has 0 aliphatic carbocycles. The topological polar surface area (TPSA) is 51.9 Å². The summed E-state index contributed by atoms with van der Waals surface area (Å²) in [6, 6.07) is 10.2. The summed E-state index contributed by atoms with van der Waals surface area (Å²) in [7, 11) is 0. The van der Waals surface area contributed by atoms with Crippen molar-refractivity contribution in [2.24, 2.45) is 0 Å². The summed E-state index contributed by atoms with van der Waals surface area (Å²) in [6.07, 6.45) is 4.42. The Bertz CT molecular complexity index is 815. The van der Waals surface area contributed by atoms with Gasteiger partial charge < -0.3 is 9.88 Å². The van der Waals surface area contributed by atoms with Gasteiger partial charge in [0.05, 0.1) is 18.7 Å². The third-order valence-corrected chi connectivity index (χ3v) is 4.00. The van der Waals surface area contributed by atoms with Crippen molar-refractivity contribution in [2.45, 2.75) is 33.4 Å². The molecular weight excluding hydrogens is 288 g/mol. The van der Waals surface area contributed by atoms with Crippen LogP contribution in [0.25, 0.3) is 10.9 Å². The zero-order valence-electron chi connectivity index (χ0n) is 13.6. The Morgan fingerprint density at radius 1 is 1.26 bits per heavy atom. The molecule has 0 atom stereocenters. The average Bonchev–Trinajstić information content (AvgIpc) is 3.11. The number of fused-ring (bicyclic) bond motifs is 1. The van der Waals surface area contributed by atoms with Crippen molar-refractivity contribution in [3.63, 3.8) is 0 Å². The van der Waals surface area contributed by atoms with Crippen LogP contribution in [0.1, 0.15) is 18.2 Å². The second kappa shape index (κ2) is 6.69. The molecule has 0 unspecified atom stereocenters. The highest BCUT2D eigenvalue weighted by molar-refractivity contribution is 5.89. The van der Waals surface area contributed by atoms with Crippen molar-refractivity contribution in [1.82, 2.24) is 19.7 Å². The number of hydrogen-bond donors (Lipinski definition) is 1. The van der Waals surface area contributed by atoms with E-state index in [1.54, 1.807) is 0 Å². The van der Waals surface area contributed by atoms with Gasteiger partial charge in [-0.1, -0.05) is 18.2 Å². The van der Waals surface area contributed by atoms with Gasteiger partial charge >= 0.3 is 0 Å². The van der Waals surface area contributed by atoms with Crippen LogP contribution in [0.4, 0.5) is 0 Å². The number of amides is 1. The minimum absolute atomic E-state index is 0.0490. The van der Waals surface area contributed by atoms with E-state index in [4.69, 9.17) is 0 Å². The first kappa shape index (κ1) is 15.3. The van der Waals surface area contributed by atoms with Gasteiger partial charge in [0, 0.05) is 36.4 Å². The first-order chi connectivity index (χ1) is 11.2. The van der Waals surface area contributed by atoms with Crippen molar-refractivity contribution in [3.8, 4) is 0 Å². The lowest BCUT2D eigenvalue weighted by atomic mass is 10.1. The van der Waals surface area contributed by atoms with E-state index >= 15 is 0 Å². The lowest BCUT2D eigenvalue weighted by Crippen LogP contribution is -2.28. The highest BCUT2D eigenvalue weighted by Gasteiger charge is 2.10. The van der Waals surface area contributed by atoms with E-state index in [0.717, 1.165) is 23.2 Å². The Labute approximate surface area is 135 Å². The first-order valence-electron chi connectivity index (χ1n) is 8.01. The van der Waals surface area contributed by atoms with Gasteiger partial charge in [-0.15, -0.1) is 0 Å². The Hall–Kier alpha value is -2.56. The minimum Gasteiger partial charge on any atom is -0.354 e. The summed E-state index contributed by atoms with van der Waals surface area (Å²) in [5, 5.41) is 8.44. The van der Waals surface area contributed by atoms with E-state index in [2.05, 4.69) is 40.2 Å². The van der Waals surface area contributed by atoms with Crippen LogP contribution in [0.3, 0.4) is 0 Å². The maximum atomic E-state index is 12.2. The number of rotatable bonds is 6. The molecule has 1 N–H and O–H groups in total. The molecule has 0 aliphatic rings. The zero-order chi connectivity index (χ0) is 16.2. The fourth-order valence-corrected chi connectivity index (χ4v) is 2.86. The van der Waals surface area contributed by atoms with Gasteiger partial charge in [0.2, 0.25) is 5.91 Å². The van der Waals surface area contributed by atoms with Gasteiger partial charge in [0.25, 0.3) is 0 Å². The Kier molecular flexibility index (Phi) is 4.46. The van der Waals surface area contributed by atoms with E-state index in [-0.39, 0.29) is 5.91 Å². The number of aromatic nitrogens is 3. The number of para-hydroxylation sites is 1. The summed E-state index contributed by atoms with van der Waals surface area (Å²) in [6.45, 7) is 6.25. The van der Waals surface area contributed by atoms with Gasteiger partial charge in [-0.2, -0.15) is 5.10 Å². The van der Waals surface area contributed by atoms with E-state index < -0.39 is 0 Å². The number of benzene rings is 1. The molecule has 0 saturated carbocycles. The molecule has 0 radical (unpaired) electrons. The monoisotopic (exact) mass is 310 g/mol. The number of nitrogens with zero attached hydrogens (tertiary/aromatic N) is 3. The molecule has 2 aromatic heterocycles. The van der Waals surface area contributed by atoms with E-state index in [1.165, 1.54) is 5.52 Å². The van der Waals surface area contributed by atoms with Crippen LogP contribution in [-0.4, -0.2) is 26.8 Å². The smallest absolute Gasteiger partial charge is 0.224 e. The van der Waals surface area contributed by atoms with E-state index in [1.807, 2.05) is 36.0 Å². The summed E-state index contributed by atoms with van der Waals surface area (Å²) >= 11 is 0. The average molecular weight is 310 g/mol. The normalized spacial score (nSPS) is 11.0. The molecule has 5 nitrogen and oxygen atoms in total. The van der Waals surface area contributed by atoms with Crippen LogP contribution in [-0.2, 0) is 24.3 Å². The lowest BCUT2D eigenvalue weighted by Gasteiger charge is -2.05. The van der Waals surface area contributed by atoms with Crippen molar-refractivity contribution < 1.29 is 4.79 Å². The highest BCUT2D eigenvalue weighted by Crippen LogP contribution is 2.21. The molecule has 1 aromatic carbocycles. The van der Waals surface area contributed by atoms with E-state index in [9.17, 15) is 4.79 Å². The van der Waals surface area contributed by atoms with Crippen LogP contribution < -0.4 is 5.32 Å². The number of carbonyl (C=O) groups excluding carboxylic acids is 1. The molecule has 1 amide bonds. The fourth-order valence-electron chi connectivity index (χ4n) is 2.86. The maximum Gasteiger partial charge on any atom is 0.224 e. The van der Waals surface area contributed by atoms with Gasteiger partial charge in [0.15, 0.2) is 0 Å². The minimum atomic E-state index is 0.0490. The number of hydrogen-bond acceptors (Lipinski definition) is 2. The second-order valence-electron chi connectivity index (χ2n) is 5.70. The largest absolute Gasteiger partial charge is 0.354 e. The third kappa shape index (κ3) is 3.44. The molecule has 0 saturated heterocycles. The predicted octanol–water partition coefficient (Wildman–Crippen LogP) is 2.53. The van der Waals surface area contributed by atoms with Crippen molar-refractivity contribution in [3.05, 3.63) is 54.0 Å². The molecule has 3 rings (SSSR count). The molecular formula is C18H22N4O. The molecule has 120 valence electrons. The quantitative estimate of drug-likeness (QED) is 0.760. The van der Waals surface area contributed by atoms with Gasteiger partial charge in [0.1, 0.15) is 0 Å². The summed E-state index contributed by atoms with van der Waals surface area (Å²) in [4.78, 5) is 12.2. The number of nitrogens with one attached hydrogen (secondary N) is 1. The third-order valence-electron chi connectivity index (χ3n) is 4.00. The molecule has 0 spiro atoms. The standard InChI is InChI=1S/C18H22N4O/c1-3-21-13-15(16-6-4-5-7-17(16)21)12-18(23)19-9-11-22-10-8-14(2)20-22/h4-8,10,13H,3,9,11-12H2,1-2H3,(H,19,23). The molecule has 5 heteroatoms. The molecule has 0 bridgehead atoms. The highest BCUT2D eigenvalue weighted by atomic mass is 16.1. The summed E-state index contributed by atoms with van der Waals surface area (Å²) in [5.41, 5.74) is 3.25. The second-order valence-corrected chi connectivity index (χ2v) is 5.70. The molecule has 3 aromatic rings. The molecule has 2 heterocycles. The van der Waals surface area contributed by atoms with Gasteiger partial charge in [-0.25, -0.2) is 0 Å². The van der Waals surface area contributed by atoms with E-state index in [0.29, 0.717) is 19.5 Å². The van der Waals surface area contributed by atoms with Crippen LogP contribution >= 0.6 is 0 Å². The van der Waals surface area contributed by atoms with Gasteiger partial charge in [-0.3, -0.25) is 9.48 Å². The van der Waals surface area contributed by atoms with Crippen molar-refractivity contribution in [2.75, 3.05) is 6.54 Å². The first-order valence-corrected chi connectivity index (χ1v) is 8.01. The van der Waals surface area contributed by atoms with Crippen LogP contribution in [0.5, 0.6) is 0 Å². The Morgan fingerprint density at radius 2 is 2.09 bits per heavy atom. The summed E-state index contributed by atoms with van der Waals surface area (Å²) in [5.74, 6) is 0.0490. The predicted molar refractivity (Wildman–Crippen MR) is 91.3 cm³/mol. The summed E-state index contributed by atoms with van der Waals surface area (Å²) < 4.78 is 4.03. The lowest BCUT2D eigenvalue weighted by molar-refractivity contribution is -0.120. The van der Waals surface area contributed by atoms with Crippen molar-refractivity contribution >= 4 is 16.8 Å². The zero-order valence-corrected chi connectivity index (χ0v) is 13.6. The van der Waals surface area contributed by atoms with Gasteiger partial charge in [-0.05, 0) is 31.5 Å². The maximum absolute atomic E-state index is 12.2. The van der Waals surface area contributed by atoms with Crippen LogP contribution in [0.15, 0.2) is 42.7 Å². The Morgan fingerprint density at radius 3 is 2.83 bits per heavy atom.